The molecule has 0 aliphatic carbocycles. The highest BCUT2D eigenvalue weighted by Gasteiger charge is 2.23. The molecule has 7 heteroatoms. The molecule has 3 heterocycles. The summed E-state index contributed by atoms with van der Waals surface area (Å²) in [5.41, 5.74) is 2.70. The SMILES string of the molecule is Clc1nc(Cl)c2ncn(C3CCN(Cc4ccccc4)CC3)c2n1. The van der Waals surface area contributed by atoms with E-state index in [9.17, 15) is 0 Å². The Balaban J connectivity index is 1.48. The molecule has 1 fully saturated rings. The van der Waals surface area contributed by atoms with Crippen LogP contribution >= 0.6 is 23.2 Å². The van der Waals surface area contributed by atoms with Crippen molar-refractivity contribution in [3.8, 4) is 0 Å². The van der Waals surface area contributed by atoms with Crippen molar-refractivity contribution in [3.05, 3.63) is 52.7 Å². The van der Waals surface area contributed by atoms with Gasteiger partial charge in [0, 0.05) is 25.7 Å². The molecule has 0 spiro atoms. The second-order valence-corrected chi connectivity index (χ2v) is 6.80. The zero-order valence-corrected chi connectivity index (χ0v) is 14.6. The molecule has 0 atom stereocenters. The van der Waals surface area contributed by atoms with Crippen molar-refractivity contribution in [1.82, 2.24) is 24.4 Å². The zero-order valence-electron chi connectivity index (χ0n) is 13.1. The van der Waals surface area contributed by atoms with Crippen LogP contribution in [0.25, 0.3) is 11.2 Å². The molecule has 124 valence electrons. The third-order valence-electron chi connectivity index (χ3n) is 4.55. The molecule has 0 saturated carbocycles. The van der Waals surface area contributed by atoms with E-state index in [0.717, 1.165) is 38.1 Å². The van der Waals surface area contributed by atoms with E-state index in [-0.39, 0.29) is 5.28 Å². The maximum absolute atomic E-state index is 6.11. The molecule has 24 heavy (non-hydrogen) atoms. The molecule has 1 aromatic carbocycles. The summed E-state index contributed by atoms with van der Waals surface area (Å²) in [5, 5.41) is 0.473. The Hall–Kier alpha value is -1.69. The summed E-state index contributed by atoms with van der Waals surface area (Å²) < 4.78 is 2.09. The van der Waals surface area contributed by atoms with E-state index in [4.69, 9.17) is 23.2 Å². The van der Waals surface area contributed by atoms with Gasteiger partial charge < -0.3 is 4.57 Å². The fourth-order valence-corrected chi connectivity index (χ4v) is 3.74. The van der Waals surface area contributed by atoms with Crippen LogP contribution in [0, 0.1) is 0 Å². The fourth-order valence-electron chi connectivity index (χ4n) is 3.32. The lowest BCUT2D eigenvalue weighted by Crippen LogP contribution is -2.34. The van der Waals surface area contributed by atoms with Crippen LogP contribution in [0.15, 0.2) is 36.7 Å². The van der Waals surface area contributed by atoms with E-state index in [1.807, 2.05) is 0 Å². The number of imidazole rings is 1. The van der Waals surface area contributed by atoms with E-state index in [1.54, 1.807) is 6.33 Å². The van der Waals surface area contributed by atoms with Crippen molar-refractivity contribution >= 4 is 34.4 Å². The average molecular weight is 362 g/mol. The van der Waals surface area contributed by atoms with Crippen molar-refractivity contribution in [2.75, 3.05) is 13.1 Å². The molecule has 2 aromatic heterocycles. The maximum atomic E-state index is 6.11. The normalized spacial score (nSPS) is 16.8. The van der Waals surface area contributed by atoms with Gasteiger partial charge in [0.15, 0.2) is 10.8 Å². The number of aromatic nitrogens is 4. The summed E-state index contributed by atoms with van der Waals surface area (Å²) in [4.78, 5) is 15.1. The number of likely N-dealkylation sites (tertiary alicyclic amines) is 1. The highest BCUT2D eigenvalue weighted by atomic mass is 35.5. The topological polar surface area (TPSA) is 46.8 Å². The number of nitrogens with zero attached hydrogens (tertiary/aromatic N) is 5. The van der Waals surface area contributed by atoms with Gasteiger partial charge in [-0.3, -0.25) is 4.90 Å². The summed E-state index contributed by atoms with van der Waals surface area (Å²) in [6, 6.07) is 11.0. The van der Waals surface area contributed by atoms with Gasteiger partial charge in [0.05, 0.1) is 6.33 Å². The molecule has 0 bridgehead atoms. The Kier molecular flexibility index (Phi) is 4.39. The molecule has 0 N–H and O–H groups in total. The maximum Gasteiger partial charge on any atom is 0.225 e. The van der Waals surface area contributed by atoms with Gasteiger partial charge >= 0.3 is 0 Å². The smallest absolute Gasteiger partial charge is 0.225 e. The largest absolute Gasteiger partial charge is 0.312 e. The first-order chi connectivity index (χ1) is 11.7. The number of fused-ring (bicyclic) bond motifs is 1. The lowest BCUT2D eigenvalue weighted by Gasteiger charge is -2.32. The Labute approximate surface area is 150 Å². The first-order valence-corrected chi connectivity index (χ1v) is 8.78. The van der Waals surface area contributed by atoms with Gasteiger partial charge in [-0.05, 0) is 30.0 Å². The fraction of sp³-hybridized carbons (Fsp3) is 0.353. The first-order valence-electron chi connectivity index (χ1n) is 8.02. The number of hydrogen-bond acceptors (Lipinski definition) is 4. The van der Waals surface area contributed by atoms with Crippen molar-refractivity contribution in [2.24, 2.45) is 0 Å². The monoisotopic (exact) mass is 361 g/mol. The Bertz CT molecular complexity index is 841. The van der Waals surface area contributed by atoms with Crippen LogP contribution in [-0.4, -0.2) is 37.5 Å². The van der Waals surface area contributed by atoms with Crippen LogP contribution in [0.5, 0.6) is 0 Å². The van der Waals surface area contributed by atoms with E-state index in [0.29, 0.717) is 16.7 Å². The Morgan fingerprint density at radius 2 is 1.79 bits per heavy atom. The molecule has 0 radical (unpaired) electrons. The van der Waals surface area contributed by atoms with Gasteiger partial charge in [-0.2, -0.15) is 4.98 Å². The standard InChI is InChI=1S/C17H17Cl2N5/c18-15-14-16(22-17(19)21-15)24(11-20-14)13-6-8-23(9-7-13)10-12-4-2-1-3-5-12/h1-5,11,13H,6-10H2. The van der Waals surface area contributed by atoms with Gasteiger partial charge in [0.1, 0.15) is 5.52 Å². The number of piperidine rings is 1. The molecule has 0 amide bonds. The van der Waals surface area contributed by atoms with Crippen molar-refractivity contribution < 1.29 is 0 Å². The van der Waals surface area contributed by atoms with E-state index in [2.05, 4.69) is 54.8 Å². The van der Waals surface area contributed by atoms with Crippen LogP contribution in [0.3, 0.4) is 0 Å². The predicted molar refractivity (Wildman–Crippen MR) is 95.3 cm³/mol. The van der Waals surface area contributed by atoms with Crippen LogP contribution in [-0.2, 0) is 6.54 Å². The number of rotatable bonds is 3. The van der Waals surface area contributed by atoms with Gasteiger partial charge in [-0.15, -0.1) is 0 Å². The number of hydrogen-bond donors (Lipinski definition) is 0. The second kappa shape index (κ2) is 6.67. The van der Waals surface area contributed by atoms with Crippen molar-refractivity contribution in [3.63, 3.8) is 0 Å². The van der Waals surface area contributed by atoms with Crippen molar-refractivity contribution in [1.29, 1.82) is 0 Å². The molecule has 1 aliphatic heterocycles. The third-order valence-corrected chi connectivity index (χ3v) is 4.98. The third kappa shape index (κ3) is 3.11. The quantitative estimate of drug-likeness (QED) is 0.523. The molecule has 1 saturated heterocycles. The lowest BCUT2D eigenvalue weighted by atomic mass is 10.0. The van der Waals surface area contributed by atoms with Gasteiger partial charge in [-0.1, -0.05) is 41.9 Å². The molecule has 1 aliphatic rings. The van der Waals surface area contributed by atoms with Crippen LogP contribution in [0.1, 0.15) is 24.4 Å². The molecular weight excluding hydrogens is 345 g/mol. The summed E-state index contributed by atoms with van der Waals surface area (Å²) in [6.07, 6.45) is 3.91. The number of halogens is 2. The first kappa shape index (κ1) is 15.8. The highest BCUT2D eigenvalue weighted by molar-refractivity contribution is 6.35. The van der Waals surface area contributed by atoms with Gasteiger partial charge in [-0.25, -0.2) is 9.97 Å². The second-order valence-electron chi connectivity index (χ2n) is 6.10. The molecule has 4 rings (SSSR count). The van der Waals surface area contributed by atoms with E-state index < -0.39 is 0 Å². The van der Waals surface area contributed by atoms with Gasteiger partial charge in [0.2, 0.25) is 5.28 Å². The minimum atomic E-state index is 0.163. The molecule has 5 nitrogen and oxygen atoms in total. The summed E-state index contributed by atoms with van der Waals surface area (Å²) in [5.74, 6) is 0. The number of benzene rings is 1. The molecular formula is C17H17Cl2N5. The minimum Gasteiger partial charge on any atom is -0.312 e. The van der Waals surface area contributed by atoms with E-state index >= 15 is 0 Å². The highest BCUT2D eigenvalue weighted by Crippen LogP contribution is 2.29. The summed E-state index contributed by atoms with van der Waals surface area (Å²) >= 11 is 12.1. The van der Waals surface area contributed by atoms with Crippen LogP contribution in [0.2, 0.25) is 10.4 Å². The van der Waals surface area contributed by atoms with Crippen LogP contribution in [0.4, 0.5) is 0 Å². The Morgan fingerprint density at radius 3 is 2.54 bits per heavy atom. The summed E-state index contributed by atoms with van der Waals surface area (Å²) in [7, 11) is 0. The Morgan fingerprint density at radius 1 is 1.04 bits per heavy atom. The lowest BCUT2D eigenvalue weighted by molar-refractivity contribution is 0.181. The minimum absolute atomic E-state index is 0.163. The predicted octanol–water partition coefficient (Wildman–Crippen LogP) is 3.97. The molecule has 0 unspecified atom stereocenters. The zero-order chi connectivity index (χ0) is 16.5. The summed E-state index contributed by atoms with van der Waals surface area (Å²) in [6.45, 7) is 3.09. The van der Waals surface area contributed by atoms with E-state index in [1.165, 1.54) is 5.56 Å². The average Bonchev–Trinajstić information content (AvgIpc) is 3.01. The molecule has 3 aromatic rings. The van der Waals surface area contributed by atoms with Gasteiger partial charge in [0.25, 0.3) is 0 Å². The van der Waals surface area contributed by atoms with Crippen molar-refractivity contribution in [2.45, 2.75) is 25.4 Å². The van der Waals surface area contributed by atoms with Crippen LogP contribution < -0.4 is 0 Å².